The van der Waals surface area contributed by atoms with Crippen molar-refractivity contribution in [3.8, 4) is 0 Å². The van der Waals surface area contributed by atoms with Crippen molar-refractivity contribution in [3.05, 3.63) is 65.5 Å². The van der Waals surface area contributed by atoms with Crippen LogP contribution in [-0.2, 0) is 11.3 Å². The van der Waals surface area contributed by atoms with Gasteiger partial charge in [-0.15, -0.1) is 10.2 Å². The third-order valence-electron chi connectivity index (χ3n) is 5.05. The second-order valence-corrected chi connectivity index (χ2v) is 7.05. The number of likely N-dealkylation sites (N-methyl/N-ethyl adjacent to an activating group) is 1. The largest absolute Gasteiger partial charge is 0.383 e. The number of fused-ring (bicyclic) bond motifs is 3. The number of hydrogen-bond donors (Lipinski definition) is 0. The monoisotopic (exact) mass is 389 g/mol. The summed E-state index contributed by atoms with van der Waals surface area (Å²) in [7, 11) is 3.40. The van der Waals surface area contributed by atoms with Crippen molar-refractivity contribution in [3.63, 3.8) is 0 Å². The number of carbonyl (C=O) groups is 1. The van der Waals surface area contributed by atoms with Gasteiger partial charge in [-0.3, -0.25) is 4.79 Å². The molecule has 29 heavy (non-hydrogen) atoms. The molecular weight excluding hydrogens is 366 g/mol. The van der Waals surface area contributed by atoms with Crippen LogP contribution in [0.2, 0.25) is 0 Å². The molecule has 2 aromatic carbocycles. The van der Waals surface area contributed by atoms with Crippen LogP contribution in [0.15, 0.2) is 48.5 Å². The molecule has 0 aliphatic rings. The van der Waals surface area contributed by atoms with E-state index in [1.54, 1.807) is 25.1 Å². The van der Waals surface area contributed by atoms with Crippen molar-refractivity contribution in [1.29, 1.82) is 0 Å². The molecule has 7 heteroatoms. The van der Waals surface area contributed by atoms with E-state index in [0.29, 0.717) is 30.9 Å². The Morgan fingerprint density at radius 3 is 2.69 bits per heavy atom. The summed E-state index contributed by atoms with van der Waals surface area (Å²) in [6.45, 7) is 3.66. The Bertz CT molecular complexity index is 1170. The van der Waals surface area contributed by atoms with Crippen LogP contribution in [0.25, 0.3) is 22.1 Å². The molecule has 2 heterocycles. The predicted molar refractivity (Wildman–Crippen MR) is 112 cm³/mol. The number of hydrogen-bond acceptors (Lipinski definition) is 5. The van der Waals surface area contributed by atoms with Gasteiger partial charge < -0.3 is 14.2 Å². The summed E-state index contributed by atoms with van der Waals surface area (Å²) in [6, 6.07) is 15.7. The number of aryl methyl sites for hydroxylation is 1. The van der Waals surface area contributed by atoms with Gasteiger partial charge >= 0.3 is 0 Å². The predicted octanol–water partition coefficient (Wildman–Crippen LogP) is 3.05. The van der Waals surface area contributed by atoms with E-state index in [4.69, 9.17) is 4.74 Å². The lowest BCUT2D eigenvalue weighted by atomic mass is 10.1. The lowest BCUT2D eigenvalue weighted by Gasteiger charge is -2.17. The van der Waals surface area contributed by atoms with Crippen LogP contribution in [-0.4, -0.2) is 57.9 Å². The molecule has 0 spiro atoms. The zero-order valence-corrected chi connectivity index (χ0v) is 16.8. The number of nitrogens with zero attached hydrogens (tertiary/aromatic N) is 5. The van der Waals surface area contributed by atoms with Crippen molar-refractivity contribution in [2.24, 2.45) is 0 Å². The fourth-order valence-corrected chi connectivity index (χ4v) is 3.44. The van der Waals surface area contributed by atoms with Crippen LogP contribution in [0.3, 0.4) is 0 Å². The van der Waals surface area contributed by atoms with Gasteiger partial charge in [-0.25, -0.2) is 4.98 Å². The summed E-state index contributed by atoms with van der Waals surface area (Å²) >= 11 is 0. The molecule has 0 fully saturated rings. The topological polar surface area (TPSA) is 73.1 Å². The van der Waals surface area contributed by atoms with E-state index in [2.05, 4.69) is 31.9 Å². The van der Waals surface area contributed by atoms with E-state index in [-0.39, 0.29) is 5.91 Å². The smallest absolute Gasteiger partial charge is 0.253 e. The number of imidazole rings is 1. The Hall–Kier alpha value is -3.32. The number of amides is 1. The first-order valence-electron chi connectivity index (χ1n) is 9.50. The van der Waals surface area contributed by atoms with E-state index >= 15 is 0 Å². The van der Waals surface area contributed by atoms with Crippen LogP contribution in [0.1, 0.15) is 21.7 Å². The first-order valence-corrected chi connectivity index (χ1v) is 9.50. The van der Waals surface area contributed by atoms with E-state index in [9.17, 15) is 4.79 Å². The van der Waals surface area contributed by atoms with E-state index in [0.717, 1.165) is 22.2 Å². The third-order valence-corrected chi connectivity index (χ3v) is 5.05. The van der Waals surface area contributed by atoms with E-state index in [1.165, 1.54) is 5.56 Å². The highest BCUT2D eigenvalue weighted by Crippen LogP contribution is 2.25. The quantitative estimate of drug-likeness (QED) is 0.507. The molecule has 7 nitrogen and oxygen atoms in total. The molecule has 0 aliphatic heterocycles. The maximum absolute atomic E-state index is 12.8. The first-order chi connectivity index (χ1) is 14.1. The van der Waals surface area contributed by atoms with Crippen molar-refractivity contribution in [2.45, 2.75) is 13.5 Å². The van der Waals surface area contributed by atoms with Crippen LogP contribution < -0.4 is 0 Å². The molecule has 0 saturated heterocycles. The summed E-state index contributed by atoms with van der Waals surface area (Å²) in [5, 5.41) is 9.46. The van der Waals surface area contributed by atoms with Crippen molar-refractivity contribution < 1.29 is 9.53 Å². The van der Waals surface area contributed by atoms with Crippen LogP contribution in [0, 0.1) is 6.92 Å². The minimum atomic E-state index is -0.0558. The third kappa shape index (κ3) is 3.69. The Kier molecular flexibility index (Phi) is 5.22. The Balaban J connectivity index is 1.82. The maximum atomic E-state index is 12.8. The summed E-state index contributed by atoms with van der Waals surface area (Å²) in [5.41, 5.74) is 4.00. The molecule has 4 aromatic rings. The SMILES string of the molecule is COCCN(C)C(=O)c1ccc2nnc3nc(C)n(Cc4ccccc4)c3c2c1. The molecule has 0 bridgehead atoms. The molecule has 1 amide bonds. The molecule has 4 rings (SSSR count). The van der Waals surface area contributed by atoms with Gasteiger partial charge in [0.25, 0.3) is 5.91 Å². The average Bonchev–Trinajstić information content (AvgIpc) is 3.07. The lowest BCUT2D eigenvalue weighted by Crippen LogP contribution is -2.29. The van der Waals surface area contributed by atoms with Gasteiger partial charge in [0.15, 0.2) is 0 Å². The molecular formula is C22H23N5O2. The van der Waals surface area contributed by atoms with E-state index < -0.39 is 0 Å². The summed E-state index contributed by atoms with van der Waals surface area (Å²) in [6.07, 6.45) is 0. The maximum Gasteiger partial charge on any atom is 0.253 e. The second-order valence-electron chi connectivity index (χ2n) is 7.05. The molecule has 0 unspecified atom stereocenters. The van der Waals surface area contributed by atoms with Crippen molar-refractivity contribution in [1.82, 2.24) is 24.6 Å². The molecule has 0 N–H and O–H groups in total. The van der Waals surface area contributed by atoms with Gasteiger partial charge in [-0.05, 0) is 30.7 Å². The highest BCUT2D eigenvalue weighted by molar-refractivity contribution is 6.05. The fourth-order valence-electron chi connectivity index (χ4n) is 3.44. The summed E-state index contributed by atoms with van der Waals surface area (Å²) in [4.78, 5) is 19.1. The number of rotatable bonds is 6. The zero-order valence-electron chi connectivity index (χ0n) is 16.8. The lowest BCUT2D eigenvalue weighted by molar-refractivity contribution is 0.0744. The molecule has 0 aliphatic carbocycles. The first kappa shape index (κ1) is 19.0. The molecule has 0 saturated carbocycles. The standard InChI is InChI=1S/C22H23N5O2/c1-15-23-21-20(27(15)14-16-7-5-4-6-8-16)18-13-17(9-10-19(18)24-25-21)22(28)26(2)11-12-29-3/h4-10,13H,11-12,14H2,1-3H3. The molecule has 2 aromatic heterocycles. The highest BCUT2D eigenvalue weighted by Gasteiger charge is 2.17. The van der Waals surface area contributed by atoms with Gasteiger partial charge in [0.2, 0.25) is 5.65 Å². The Morgan fingerprint density at radius 2 is 1.93 bits per heavy atom. The molecule has 0 radical (unpaired) electrons. The number of carbonyl (C=O) groups excluding carboxylic acids is 1. The number of benzene rings is 2. The molecule has 148 valence electrons. The summed E-state index contributed by atoms with van der Waals surface area (Å²) in [5.74, 6) is 0.805. The fraction of sp³-hybridized carbons (Fsp3) is 0.273. The van der Waals surface area contributed by atoms with Crippen molar-refractivity contribution >= 4 is 28.0 Å². The van der Waals surface area contributed by atoms with Crippen LogP contribution in [0.4, 0.5) is 0 Å². The zero-order chi connectivity index (χ0) is 20.4. The molecule has 0 atom stereocenters. The van der Waals surface area contributed by atoms with Gasteiger partial charge in [-0.2, -0.15) is 0 Å². The van der Waals surface area contributed by atoms with Gasteiger partial charge in [-0.1, -0.05) is 30.3 Å². The van der Waals surface area contributed by atoms with Crippen molar-refractivity contribution in [2.75, 3.05) is 27.3 Å². The number of aromatic nitrogens is 4. The minimum absolute atomic E-state index is 0.0558. The van der Waals surface area contributed by atoms with Gasteiger partial charge in [0.1, 0.15) is 5.82 Å². The Morgan fingerprint density at radius 1 is 1.14 bits per heavy atom. The number of ether oxygens (including phenoxy) is 1. The summed E-state index contributed by atoms with van der Waals surface area (Å²) < 4.78 is 7.21. The van der Waals surface area contributed by atoms with Gasteiger partial charge in [0.05, 0.1) is 17.6 Å². The van der Waals surface area contributed by atoms with E-state index in [1.807, 2.05) is 37.3 Å². The van der Waals surface area contributed by atoms with Gasteiger partial charge in [0, 0.05) is 38.2 Å². The highest BCUT2D eigenvalue weighted by atomic mass is 16.5. The number of methoxy groups -OCH3 is 1. The van der Waals surface area contributed by atoms with Crippen LogP contribution >= 0.6 is 0 Å². The average molecular weight is 389 g/mol. The normalized spacial score (nSPS) is 11.3. The second kappa shape index (κ2) is 7.97. The van der Waals surface area contributed by atoms with Crippen LogP contribution in [0.5, 0.6) is 0 Å². The Labute approximate surface area is 168 Å². The minimum Gasteiger partial charge on any atom is -0.383 e.